The van der Waals surface area contributed by atoms with Crippen molar-refractivity contribution in [1.29, 1.82) is 0 Å². The molecule has 32 heavy (non-hydrogen) atoms. The van der Waals surface area contributed by atoms with E-state index in [1.165, 1.54) is 0 Å². The molecule has 0 spiro atoms. The van der Waals surface area contributed by atoms with E-state index in [2.05, 4.69) is 0 Å². The van der Waals surface area contributed by atoms with E-state index in [0.717, 1.165) is 0 Å². The van der Waals surface area contributed by atoms with Crippen LogP contribution in [0.3, 0.4) is 0 Å². The van der Waals surface area contributed by atoms with Crippen LogP contribution in [0, 0.1) is 0 Å². The number of hydrogen-bond donors (Lipinski definition) is 0. The van der Waals surface area contributed by atoms with Crippen molar-refractivity contribution in [2.75, 3.05) is 36.1 Å². The minimum Gasteiger partial charge on any atom is -0.468 e. The molecular weight excluding hydrogens is 456 g/mol. The summed E-state index contributed by atoms with van der Waals surface area (Å²) in [4.78, 5) is 16.8. The second-order valence-electron chi connectivity index (χ2n) is 8.62. The summed E-state index contributed by atoms with van der Waals surface area (Å²) >= 11 is 0. The molecule has 0 amide bonds. The molecule has 11 heteroatoms. The Morgan fingerprint density at radius 2 is 1.25 bits per heavy atom. The number of sulfone groups is 2. The van der Waals surface area contributed by atoms with Gasteiger partial charge in [-0.05, 0) is 37.1 Å². The van der Waals surface area contributed by atoms with Gasteiger partial charge >= 0.3 is 0 Å². The molecule has 0 saturated carbocycles. The zero-order valence-electron chi connectivity index (χ0n) is 17.8. The lowest BCUT2D eigenvalue weighted by Gasteiger charge is -2.30. The molecule has 2 saturated heterocycles. The Balaban J connectivity index is 1.46. The third kappa shape index (κ3) is 6.09. The molecule has 2 aromatic rings. The first-order valence-electron chi connectivity index (χ1n) is 10.6. The number of carbonyl (C=O) groups is 1. The Morgan fingerprint density at radius 3 is 1.56 bits per heavy atom. The van der Waals surface area contributed by atoms with E-state index in [-0.39, 0.29) is 54.0 Å². The fourth-order valence-electron chi connectivity index (χ4n) is 4.46. The average Bonchev–Trinajstić information content (AvgIpc) is 3.49. The largest absolute Gasteiger partial charge is 0.468 e. The maximum atomic E-state index is 13.1. The van der Waals surface area contributed by atoms with Crippen molar-refractivity contribution in [3.05, 3.63) is 48.3 Å². The van der Waals surface area contributed by atoms with Gasteiger partial charge in [-0.15, -0.1) is 0 Å². The summed E-state index contributed by atoms with van der Waals surface area (Å²) in [6.07, 6.45) is 4.05. The Kier molecular flexibility index (Phi) is 6.89. The molecule has 2 aliphatic heterocycles. The number of furan rings is 2. The molecule has 2 aromatic heterocycles. The molecule has 2 aliphatic rings. The van der Waals surface area contributed by atoms with Crippen LogP contribution in [0.2, 0.25) is 0 Å². The number of nitrogens with zero attached hydrogens (tertiary/aromatic N) is 2. The molecule has 0 aliphatic carbocycles. The molecule has 2 fully saturated rings. The molecular formula is C21H28N2O7S2. The van der Waals surface area contributed by atoms with Gasteiger partial charge in [0.25, 0.3) is 0 Å². The second kappa shape index (κ2) is 9.50. The standard InChI is InChI=1S/C21H28N2O7S2/c24-19(11-22(13-20-3-1-7-29-20)17-5-9-31(25,26)15-17)12-23(14-21-4-2-8-30-21)18-6-10-32(27,28)16-18/h1-4,7-8,17-18H,5-6,9-16H2/t17-,18+. The van der Waals surface area contributed by atoms with Crippen molar-refractivity contribution >= 4 is 25.5 Å². The lowest BCUT2D eigenvalue weighted by molar-refractivity contribution is -0.122. The summed E-state index contributed by atoms with van der Waals surface area (Å²) in [6.45, 7) is 0.813. The lowest BCUT2D eigenvalue weighted by Crippen LogP contribution is -2.45. The van der Waals surface area contributed by atoms with Crippen LogP contribution in [-0.2, 0) is 37.6 Å². The summed E-state index contributed by atoms with van der Waals surface area (Å²) in [5.74, 6) is 1.51. The van der Waals surface area contributed by atoms with Crippen molar-refractivity contribution < 1.29 is 30.5 Å². The fourth-order valence-corrected chi connectivity index (χ4v) is 7.99. The van der Waals surface area contributed by atoms with Crippen LogP contribution in [0.25, 0.3) is 0 Å². The molecule has 0 N–H and O–H groups in total. The highest BCUT2D eigenvalue weighted by Crippen LogP contribution is 2.22. The van der Waals surface area contributed by atoms with Crippen LogP contribution < -0.4 is 0 Å². The molecule has 4 rings (SSSR count). The van der Waals surface area contributed by atoms with E-state index in [9.17, 15) is 21.6 Å². The predicted octanol–water partition coefficient (Wildman–Crippen LogP) is 1.12. The topological polar surface area (TPSA) is 118 Å². The van der Waals surface area contributed by atoms with E-state index in [0.29, 0.717) is 37.5 Å². The highest BCUT2D eigenvalue weighted by atomic mass is 32.2. The van der Waals surface area contributed by atoms with Gasteiger partial charge in [-0.3, -0.25) is 14.6 Å². The van der Waals surface area contributed by atoms with Crippen molar-refractivity contribution in [3.8, 4) is 0 Å². The summed E-state index contributed by atoms with van der Waals surface area (Å²) in [7, 11) is -6.22. The van der Waals surface area contributed by atoms with Gasteiger partial charge in [0.2, 0.25) is 0 Å². The number of rotatable bonds is 10. The van der Waals surface area contributed by atoms with Gasteiger partial charge in [-0.25, -0.2) is 16.8 Å². The molecule has 0 bridgehead atoms. The van der Waals surface area contributed by atoms with Crippen LogP contribution in [-0.4, -0.2) is 80.6 Å². The van der Waals surface area contributed by atoms with Crippen molar-refractivity contribution in [2.45, 2.75) is 38.0 Å². The summed E-state index contributed by atoms with van der Waals surface area (Å²) in [5.41, 5.74) is 0. The molecule has 0 unspecified atom stereocenters. The van der Waals surface area contributed by atoms with Crippen LogP contribution in [0.15, 0.2) is 45.6 Å². The Bertz CT molecular complexity index is 1020. The maximum absolute atomic E-state index is 13.1. The van der Waals surface area contributed by atoms with Gasteiger partial charge in [-0.1, -0.05) is 0 Å². The number of ketones is 1. The number of carbonyl (C=O) groups excluding carboxylic acids is 1. The van der Waals surface area contributed by atoms with Gasteiger partial charge in [-0.2, -0.15) is 0 Å². The molecule has 9 nitrogen and oxygen atoms in total. The van der Waals surface area contributed by atoms with Crippen molar-refractivity contribution in [3.63, 3.8) is 0 Å². The fraction of sp³-hybridized carbons (Fsp3) is 0.571. The smallest absolute Gasteiger partial charge is 0.160 e. The first kappa shape index (κ1) is 23.2. The van der Waals surface area contributed by atoms with Crippen LogP contribution in [0.4, 0.5) is 0 Å². The van der Waals surface area contributed by atoms with Gasteiger partial charge in [0.15, 0.2) is 25.5 Å². The SMILES string of the molecule is O=C(CN(Cc1ccco1)[C@@H]1CCS(=O)(=O)C1)CN(Cc1ccco1)[C@H]1CCS(=O)(=O)C1. The molecule has 2 atom stereocenters. The highest BCUT2D eigenvalue weighted by molar-refractivity contribution is 7.91. The molecule has 0 radical (unpaired) electrons. The maximum Gasteiger partial charge on any atom is 0.160 e. The Labute approximate surface area is 188 Å². The average molecular weight is 485 g/mol. The minimum absolute atomic E-state index is 0.0258. The summed E-state index contributed by atoms with van der Waals surface area (Å²) in [6, 6.07) is 6.61. The number of hydrogen-bond acceptors (Lipinski definition) is 9. The van der Waals surface area contributed by atoms with Gasteiger partial charge in [0.1, 0.15) is 11.5 Å². The molecule has 176 valence electrons. The molecule has 0 aromatic carbocycles. The van der Waals surface area contributed by atoms with Gasteiger partial charge < -0.3 is 8.83 Å². The second-order valence-corrected chi connectivity index (χ2v) is 13.1. The highest BCUT2D eigenvalue weighted by Gasteiger charge is 2.36. The number of Topliss-reactive ketones (excluding diaryl/α,β-unsaturated/α-hetero) is 1. The summed E-state index contributed by atoms with van der Waals surface area (Å²) in [5, 5.41) is 0. The summed E-state index contributed by atoms with van der Waals surface area (Å²) < 4.78 is 58.9. The predicted molar refractivity (Wildman–Crippen MR) is 117 cm³/mol. The normalized spacial score (nSPS) is 24.4. The third-order valence-corrected chi connectivity index (χ3v) is 9.59. The Morgan fingerprint density at radius 1 is 0.812 bits per heavy atom. The minimum atomic E-state index is -3.11. The third-order valence-electron chi connectivity index (χ3n) is 6.09. The van der Waals surface area contributed by atoms with E-state index >= 15 is 0 Å². The van der Waals surface area contributed by atoms with Crippen molar-refractivity contribution in [1.82, 2.24) is 9.80 Å². The van der Waals surface area contributed by atoms with Crippen LogP contribution in [0.1, 0.15) is 24.4 Å². The first-order chi connectivity index (χ1) is 15.2. The van der Waals surface area contributed by atoms with Gasteiger partial charge in [0, 0.05) is 12.1 Å². The van der Waals surface area contributed by atoms with E-state index in [4.69, 9.17) is 8.83 Å². The van der Waals surface area contributed by atoms with E-state index < -0.39 is 19.7 Å². The van der Waals surface area contributed by atoms with Crippen molar-refractivity contribution in [2.24, 2.45) is 0 Å². The van der Waals surface area contributed by atoms with E-state index in [1.807, 2.05) is 9.80 Å². The quantitative estimate of drug-likeness (QED) is 0.489. The van der Waals surface area contributed by atoms with Gasteiger partial charge in [0.05, 0.1) is 61.7 Å². The van der Waals surface area contributed by atoms with E-state index in [1.54, 1.807) is 36.8 Å². The van der Waals surface area contributed by atoms with Crippen LogP contribution >= 0.6 is 0 Å². The zero-order valence-corrected chi connectivity index (χ0v) is 19.4. The lowest BCUT2D eigenvalue weighted by atomic mass is 10.1. The van der Waals surface area contributed by atoms with Crippen LogP contribution in [0.5, 0.6) is 0 Å². The first-order valence-corrected chi connectivity index (χ1v) is 14.3. The molecule has 4 heterocycles. The monoisotopic (exact) mass is 484 g/mol. The zero-order chi connectivity index (χ0) is 22.8. The Hall–Kier alpha value is -1.95.